The van der Waals surface area contributed by atoms with Crippen molar-refractivity contribution in [3.8, 4) is 22.3 Å². The fourth-order valence-electron chi connectivity index (χ4n) is 4.74. The van der Waals surface area contributed by atoms with E-state index in [4.69, 9.17) is 0 Å². The first-order valence-corrected chi connectivity index (χ1v) is 15.0. The van der Waals surface area contributed by atoms with Gasteiger partial charge in [-0.15, -0.1) is 69.1 Å². The average molecular weight is 578 g/mol. The van der Waals surface area contributed by atoms with Gasteiger partial charge in [0.15, 0.2) is 0 Å². The van der Waals surface area contributed by atoms with E-state index in [1.165, 1.54) is 54.9 Å². The molecular formula is C38H42SiV-6. The molecule has 0 aromatic heterocycles. The third-order valence-corrected chi connectivity index (χ3v) is 6.61. The molecule has 209 valence electrons. The third kappa shape index (κ3) is 8.45. The van der Waals surface area contributed by atoms with Crippen LogP contribution < -0.4 is 0 Å². The Labute approximate surface area is 256 Å². The molecule has 0 atom stereocenters. The molecule has 2 radical (unpaired) electrons. The van der Waals surface area contributed by atoms with Gasteiger partial charge in [-0.3, -0.25) is 0 Å². The third-order valence-electron chi connectivity index (χ3n) is 6.61. The minimum atomic E-state index is 0. The second kappa shape index (κ2) is 18.3. The Kier molecular flexibility index (Phi) is 16.9. The molecule has 0 fully saturated rings. The number of fused-ring (bicyclic) bond motifs is 2. The van der Waals surface area contributed by atoms with Crippen molar-refractivity contribution in [2.24, 2.45) is 0 Å². The minimum absolute atomic E-state index is 0. The second-order valence-corrected chi connectivity index (χ2v) is 8.78. The van der Waals surface area contributed by atoms with Crippen molar-refractivity contribution in [2.45, 2.75) is 26.7 Å². The van der Waals surface area contributed by atoms with Crippen molar-refractivity contribution in [1.29, 1.82) is 0 Å². The van der Waals surface area contributed by atoms with E-state index in [0.717, 1.165) is 12.8 Å². The molecule has 0 N–H and O–H groups in total. The quantitative estimate of drug-likeness (QED) is 0.144. The SMILES string of the molecule is CCc1cc2c(-c3ccccc3)cccc2[cH-]1.CCc1cc2c(-c3ccccc3)cccc2[cH-]1.[CH3-].[CH3-].[CH3-].[CH3-].[Si]=[V]. The molecule has 0 amide bonds. The van der Waals surface area contributed by atoms with Gasteiger partial charge in [0, 0.05) is 0 Å². The van der Waals surface area contributed by atoms with Crippen LogP contribution in [-0.2, 0) is 29.1 Å². The van der Waals surface area contributed by atoms with Crippen LogP contribution in [0.5, 0.6) is 0 Å². The number of aryl methyl sites for hydroxylation is 2. The van der Waals surface area contributed by atoms with Crippen molar-refractivity contribution in [3.05, 3.63) is 162 Å². The summed E-state index contributed by atoms with van der Waals surface area (Å²) < 4.78 is 0. The molecule has 0 unspecified atom stereocenters. The van der Waals surface area contributed by atoms with Gasteiger partial charge in [0.1, 0.15) is 0 Å². The summed E-state index contributed by atoms with van der Waals surface area (Å²) >= 11 is 2.12. The maximum atomic E-state index is 2.91. The van der Waals surface area contributed by atoms with Crippen molar-refractivity contribution >= 4 is 29.7 Å². The molecular weight excluding hydrogens is 535 g/mol. The molecule has 0 heterocycles. The molecule has 6 aromatic carbocycles. The maximum absolute atomic E-state index is 2.91. The predicted molar refractivity (Wildman–Crippen MR) is 180 cm³/mol. The average Bonchev–Trinajstić information content (AvgIpc) is 3.59. The Morgan fingerprint density at radius 1 is 0.500 bits per heavy atom. The molecule has 0 nitrogen and oxygen atoms in total. The van der Waals surface area contributed by atoms with E-state index in [2.05, 4.69) is 160 Å². The number of hydrogen-bond donors (Lipinski definition) is 0. The van der Waals surface area contributed by atoms with Crippen LogP contribution in [0.1, 0.15) is 25.0 Å². The Bertz CT molecular complexity index is 1410. The molecule has 0 aliphatic carbocycles. The fraction of sp³-hybridized carbons (Fsp3) is 0.105. The van der Waals surface area contributed by atoms with Crippen LogP contribution in [0.2, 0.25) is 0 Å². The molecule has 0 spiro atoms. The van der Waals surface area contributed by atoms with Gasteiger partial charge in [-0.05, 0) is 24.0 Å². The van der Waals surface area contributed by atoms with Crippen LogP contribution in [0.4, 0.5) is 0 Å². The summed E-state index contributed by atoms with van der Waals surface area (Å²) in [6, 6.07) is 43.5. The van der Waals surface area contributed by atoms with Crippen molar-refractivity contribution in [2.75, 3.05) is 0 Å². The van der Waals surface area contributed by atoms with Gasteiger partial charge in [0.2, 0.25) is 0 Å². The van der Waals surface area contributed by atoms with Gasteiger partial charge in [-0.2, -0.15) is 12.1 Å². The molecule has 0 saturated heterocycles. The monoisotopic (exact) mass is 577 g/mol. The molecule has 40 heavy (non-hydrogen) atoms. The zero-order valence-corrected chi connectivity index (χ0v) is 27.3. The van der Waals surface area contributed by atoms with Crippen LogP contribution in [-0.4, -0.2) is 8.15 Å². The Morgan fingerprint density at radius 2 is 0.850 bits per heavy atom. The fourth-order valence-corrected chi connectivity index (χ4v) is 4.74. The normalized spacial score (nSPS) is 9.32. The summed E-state index contributed by atoms with van der Waals surface area (Å²) in [7, 11) is 2.91. The van der Waals surface area contributed by atoms with E-state index in [1.807, 2.05) is 0 Å². The van der Waals surface area contributed by atoms with Crippen LogP contribution in [0, 0.1) is 29.7 Å². The molecule has 0 bridgehead atoms. The van der Waals surface area contributed by atoms with E-state index in [1.54, 1.807) is 0 Å². The standard InChI is InChI=1S/2C17H15.4CH3.Si.V/c2*1-2-13-11-15-9-6-10-16(17(15)12-13)14-7-4-3-5-8-14;;;;;;/h2*3-12H,2H2,1H3;4*1H3;;/q6*-1;;. The van der Waals surface area contributed by atoms with Gasteiger partial charge in [-0.1, -0.05) is 97.8 Å². The molecule has 6 rings (SSSR count). The molecule has 2 heteroatoms. The summed E-state index contributed by atoms with van der Waals surface area (Å²) in [6.07, 6.45) is 2.20. The molecule has 0 aliphatic heterocycles. The molecule has 0 saturated carbocycles. The summed E-state index contributed by atoms with van der Waals surface area (Å²) in [5.41, 5.74) is 8.11. The van der Waals surface area contributed by atoms with Gasteiger partial charge >= 0.3 is 24.4 Å². The summed E-state index contributed by atoms with van der Waals surface area (Å²) in [5, 5.41) is 5.44. The molecule has 6 aromatic rings. The number of hydrogen-bond acceptors (Lipinski definition) is 0. The van der Waals surface area contributed by atoms with Crippen LogP contribution >= 0.6 is 0 Å². The number of benzene rings is 4. The first kappa shape index (κ1) is 36.9. The zero-order chi connectivity index (χ0) is 25.3. The second-order valence-electron chi connectivity index (χ2n) is 8.78. The number of rotatable bonds is 4. The first-order chi connectivity index (χ1) is 17.8. The topological polar surface area (TPSA) is 0 Å². The van der Waals surface area contributed by atoms with Gasteiger partial charge < -0.3 is 29.7 Å². The summed E-state index contributed by atoms with van der Waals surface area (Å²) in [6.45, 7) is 4.41. The van der Waals surface area contributed by atoms with Gasteiger partial charge in [0.25, 0.3) is 0 Å². The van der Waals surface area contributed by atoms with Crippen molar-refractivity contribution in [1.82, 2.24) is 0 Å². The van der Waals surface area contributed by atoms with Crippen molar-refractivity contribution in [3.63, 3.8) is 0 Å². The molecule has 0 aliphatic rings. The van der Waals surface area contributed by atoms with Crippen LogP contribution in [0.25, 0.3) is 43.8 Å². The van der Waals surface area contributed by atoms with E-state index in [9.17, 15) is 0 Å². The van der Waals surface area contributed by atoms with E-state index < -0.39 is 0 Å². The van der Waals surface area contributed by atoms with Gasteiger partial charge in [0.05, 0.1) is 0 Å². The summed E-state index contributed by atoms with van der Waals surface area (Å²) in [5.74, 6) is 0. The Balaban J connectivity index is 0.000000655. The Hall–Kier alpha value is -3.10. The summed E-state index contributed by atoms with van der Waals surface area (Å²) in [4.78, 5) is 0. The Morgan fingerprint density at radius 3 is 1.18 bits per heavy atom. The van der Waals surface area contributed by atoms with Crippen LogP contribution in [0.3, 0.4) is 0 Å². The zero-order valence-electron chi connectivity index (χ0n) is 24.9. The first-order valence-electron chi connectivity index (χ1n) is 12.5. The predicted octanol–water partition coefficient (Wildman–Crippen LogP) is 11.0. The van der Waals surface area contributed by atoms with Crippen molar-refractivity contribution < 1.29 is 16.3 Å². The van der Waals surface area contributed by atoms with E-state index in [-0.39, 0.29) is 29.7 Å². The van der Waals surface area contributed by atoms with E-state index in [0.29, 0.717) is 0 Å². The van der Waals surface area contributed by atoms with E-state index >= 15 is 0 Å². The van der Waals surface area contributed by atoms with Gasteiger partial charge in [-0.25, -0.2) is 0 Å². The van der Waals surface area contributed by atoms with Crippen LogP contribution in [0.15, 0.2) is 121 Å².